The molecule has 57 heavy (non-hydrogen) atoms. The molecule has 0 heterocycles. The number of carboxylic acid groups (broad SMARTS) is 4. The van der Waals surface area contributed by atoms with E-state index in [9.17, 15) is 44.1 Å². The Bertz CT molecular complexity index is 1470. The van der Waals surface area contributed by atoms with Gasteiger partial charge in [0.2, 0.25) is 23.6 Å². The molecule has 0 saturated carbocycles. The smallest absolute Gasteiger partial charge is 0.326 e. The number of carbonyl (C=O) groups is 8. The summed E-state index contributed by atoms with van der Waals surface area (Å²) < 4.78 is 0. The average molecular weight is 812 g/mol. The second-order valence-corrected chi connectivity index (χ2v) is 12.9. The highest BCUT2D eigenvalue weighted by molar-refractivity contribution is 5.95. The van der Waals surface area contributed by atoms with Gasteiger partial charge < -0.3 is 79.3 Å². The molecule has 5 atom stereocenters. The van der Waals surface area contributed by atoms with E-state index in [1.165, 1.54) is 24.3 Å². The van der Waals surface area contributed by atoms with Crippen LogP contribution in [-0.4, -0.2) is 112 Å². The highest BCUT2D eigenvalue weighted by Crippen LogP contribution is 2.13. The number of aliphatic imine (C=N–C) groups is 1. The molecule has 0 fully saturated rings. The molecule has 15 N–H and O–H groups in total. The molecule has 1 aromatic rings. The number of rotatable bonds is 23. The third kappa shape index (κ3) is 27.2. The standard InChI is InChI=1S/C31H51N9O9.2C2H4O2/c1-17(2)25(29(47)39-23(30(48)49)16-18-8-10-19(41)11-9-18)40-28(46)22(12-13-24(42)43)38-27(45)21(7-3-4-14-32)37-26(44)20(33)6-5-15-36-31(34)35;2*1-2(3)4/h8-11,17,20-23,25,41H,3-7,12-16,32-33H2,1-2H3,(H,37,44)(H,38,45)(H,39,47)(H,40,46)(H,42,43)(H,48,49)(H4,34,35,36);2*1H3,(H,3,4)/p-2/t20-,21-,22-,23-,25-;;/m0../s1. The number of nitrogens with one attached hydrogen (secondary N) is 4. The summed E-state index contributed by atoms with van der Waals surface area (Å²) in [6.07, 6.45) is 0.711. The number of phenols is 1. The van der Waals surface area contributed by atoms with Crippen LogP contribution in [0.2, 0.25) is 0 Å². The van der Waals surface area contributed by atoms with Crippen molar-refractivity contribution in [3.05, 3.63) is 29.8 Å². The zero-order chi connectivity index (χ0) is 44.2. The summed E-state index contributed by atoms with van der Waals surface area (Å²) >= 11 is 0. The van der Waals surface area contributed by atoms with Crippen LogP contribution in [0.5, 0.6) is 5.75 Å². The van der Waals surface area contributed by atoms with Crippen molar-refractivity contribution in [1.82, 2.24) is 21.3 Å². The predicted octanol–water partition coefficient (Wildman–Crippen LogP) is -4.50. The average Bonchev–Trinajstić information content (AvgIpc) is 3.09. The number of nitrogens with two attached hydrogens (primary N) is 4. The number of aliphatic carboxylic acids is 4. The molecular formula is C35H57N9O13-2. The van der Waals surface area contributed by atoms with Crippen LogP contribution >= 0.6 is 0 Å². The molecule has 0 radical (unpaired) electrons. The number of amides is 4. The van der Waals surface area contributed by atoms with Gasteiger partial charge in [-0.15, -0.1) is 0 Å². The molecule has 0 bridgehead atoms. The summed E-state index contributed by atoms with van der Waals surface area (Å²) in [5, 5.41) is 56.3. The van der Waals surface area contributed by atoms with Crippen molar-refractivity contribution in [2.24, 2.45) is 33.8 Å². The zero-order valence-corrected chi connectivity index (χ0v) is 32.5. The number of benzene rings is 1. The molecule has 0 saturated heterocycles. The zero-order valence-electron chi connectivity index (χ0n) is 32.5. The Morgan fingerprint density at radius 2 is 1.21 bits per heavy atom. The first-order chi connectivity index (χ1) is 26.5. The van der Waals surface area contributed by atoms with Crippen LogP contribution in [0, 0.1) is 5.92 Å². The van der Waals surface area contributed by atoms with E-state index in [4.69, 9.17) is 42.7 Å². The van der Waals surface area contributed by atoms with Crippen molar-refractivity contribution in [3.8, 4) is 5.75 Å². The fourth-order valence-electron chi connectivity index (χ4n) is 4.62. The molecule has 1 aromatic carbocycles. The van der Waals surface area contributed by atoms with Gasteiger partial charge >= 0.3 is 11.9 Å². The summed E-state index contributed by atoms with van der Waals surface area (Å²) in [5.74, 6) is -8.56. The van der Waals surface area contributed by atoms with Crippen molar-refractivity contribution in [1.29, 1.82) is 0 Å². The lowest BCUT2D eigenvalue weighted by molar-refractivity contribution is -0.303. The Morgan fingerprint density at radius 1 is 0.719 bits per heavy atom. The minimum atomic E-state index is -1.44. The molecule has 1 rings (SSSR count). The van der Waals surface area contributed by atoms with Crippen LogP contribution in [0.15, 0.2) is 29.3 Å². The van der Waals surface area contributed by atoms with Gasteiger partial charge in [0.1, 0.15) is 29.9 Å². The van der Waals surface area contributed by atoms with Gasteiger partial charge in [0.15, 0.2) is 5.96 Å². The fourth-order valence-corrected chi connectivity index (χ4v) is 4.62. The van der Waals surface area contributed by atoms with E-state index in [1.807, 2.05) is 0 Å². The molecular weight excluding hydrogens is 754 g/mol. The maximum atomic E-state index is 13.5. The molecule has 4 amide bonds. The fraction of sp³-hybridized carbons (Fsp3) is 0.571. The maximum absolute atomic E-state index is 13.5. The van der Waals surface area contributed by atoms with E-state index in [-0.39, 0.29) is 43.9 Å². The summed E-state index contributed by atoms with van der Waals surface area (Å²) in [4.78, 5) is 97.9. The van der Waals surface area contributed by atoms with E-state index < -0.39 is 90.1 Å². The summed E-state index contributed by atoms with van der Waals surface area (Å²) in [7, 11) is 0. The third-order valence-electron chi connectivity index (χ3n) is 7.40. The van der Waals surface area contributed by atoms with Crippen molar-refractivity contribution in [3.63, 3.8) is 0 Å². The van der Waals surface area contributed by atoms with Crippen LogP contribution in [0.4, 0.5) is 0 Å². The van der Waals surface area contributed by atoms with Crippen molar-refractivity contribution in [2.75, 3.05) is 13.1 Å². The normalized spacial score (nSPS) is 12.9. The first-order valence-corrected chi connectivity index (χ1v) is 17.8. The van der Waals surface area contributed by atoms with Gasteiger partial charge in [0.05, 0.1) is 6.04 Å². The Kier molecular flexibility index (Phi) is 27.3. The molecule has 0 aliphatic carbocycles. The van der Waals surface area contributed by atoms with E-state index >= 15 is 0 Å². The Balaban J connectivity index is 0. The van der Waals surface area contributed by atoms with E-state index in [0.717, 1.165) is 13.8 Å². The number of hydrogen-bond acceptors (Lipinski definition) is 14. The minimum absolute atomic E-state index is 0.0179. The van der Waals surface area contributed by atoms with E-state index in [2.05, 4.69) is 26.3 Å². The summed E-state index contributed by atoms with van der Waals surface area (Å²) in [6, 6.07) is -0.484. The van der Waals surface area contributed by atoms with E-state index in [0.29, 0.717) is 31.4 Å². The lowest BCUT2D eigenvalue weighted by Gasteiger charge is -2.28. The van der Waals surface area contributed by atoms with Crippen LogP contribution in [-0.2, 0) is 44.8 Å². The number of carboxylic acids is 4. The Hall–Kier alpha value is -6.03. The van der Waals surface area contributed by atoms with Crippen LogP contribution in [0.25, 0.3) is 0 Å². The van der Waals surface area contributed by atoms with Crippen molar-refractivity contribution < 1.29 is 63.9 Å². The topological polar surface area (TPSA) is 408 Å². The second-order valence-electron chi connectivity index (χ2n) is 12.9. The SMILES string of the molecule is CC(=O)[O-].CC(=O)[O-].CC(C)[C@H](NC(=O)[C@H](CCC(=O)O)NC(=O)[C@H](CCCCN)NC(=O)[C@@H](N)CCCN=C(N)N)C(=O)N[C@@H](Cc1ccc(O)cc1)C(=O)O. The molecule has 0 aliphatic heterocycles. The highest BCUT2D eigenvalue weighted by Gasteiger charge is 2.33. The number of carbonyl (C=O) groups excluding carboxylic acids is 6. The lowest BCUT2D eigenvalue weighted by atomic mass is 10.00. The van der Waals surface area contributed by atoms with Gasteiger partial charge in [-0.3, -0.25) is 29.0 Å². The van der Waals surface area contributed by atoms with Crippen LogP contribution < -0.4 is 54.4 Å². The first kappa shape index (κ1) is 53.1. The number of nitrogens with zero attached hydrogens (tertiary/aromatic N) is 1. The predicted molar refractivity (Wildman–Crippen MR) is 201 cm³/mol. The molecule has 322 valence electrons. The van der Waals surface area contributed by atoms with Crippen molar-refractivity contribution in [2.45, 2.75) is 109 Å². The van der Waals surface area contributed by atoms with Crippen LogP contribution in [0.3, 0.4) is 0 Å². The molecule has 22 heteroatoms. The molecule has 0 aliphatic rings. The largest absolute Gasteiger partial charge is 0.550 e. The molecule has 0 unspecified atom stereocenters. The summed E-state index contributed by atoms with van der Waals surface area (Å²) in [5.41, 5.74) is 22.7. The molecule has 0 aromatic heterocycles. The van der Waals surface area contributed by atoms with Gasteiger partial charge in [-0.25, -0.2) is 4.79 Å². The number of aromatic hydroxyl groups is 1. The van der Waals surface area contributed by atoms with Crippen molar-refractivity contribution >= 4 is 53.5 Å². The third-order valence-corrected chi connectivity index (χ3v) is 7.40. The van der Waals surface area contributed by atoms with Crippen LogP contribution in [0.1, 0.15) is 78.2 Å². The number of unbranched alkanes of at least 4 members (excludes halogenated alkanes) is 1. The van der Waals surface area contributed by atoms with Gasteiger partial charge in [-0.05, 0) is 82.5 Å². The monoisotopic (exact) mass is 811 g/mol. The minimum Gasteiger partial charge on any atom is -0.550 e. The Morgan fingerprint density at radius 3 is 1.68 bits per heavy atom. The van der Waals surface area contributed by atoms with Gasteiger partial charge in [0, 0.05) is 31.3 Å². The molecule has 22 nitrogen and oxygen atoms in total. The number of guanidine groups is 1. The lowest BCUT2D eigenvalue weighted by Crippen LogP contribution is -2.59. The van der Waals surface area contributed by atoms with Gasteiger partial charge in [0.25, 0.3) is 0 Å². The second kappa shape index (κ2) is 29.3. The molecule has 0 spiro atoms. The quantitative estimate of drug-likeness (QED) is 0.0282. The Labute approximate surface area is 330 Å². The summed E-state index contributed by atoms with van der Waals surface area (Å²) in [6.45, 7) is 5.73. The maximum Gasteiger partial charge on any atom is 0.326 e. The highest BCUT2D eigenvalue weighted by atomic mass is 16.4. The first-order valence-electron chi connectivity index (χ1n) is 17.8. The number of hydrogen-bond donors (Lipinski definition) is 11. The van der Waals surface area contributed by atoms with Gasteiger partial charge in [-0.2, -0.15) is 0 Å². The van der Waals surface area contributed by atoms with E-state index in [1.54, 1.807) is 13.8 Å². The number of phenolic OH excluding ortho intramolecular Hbond substituents is 1. The van der Waals surface area contributed by atoms with Gasteiger partial charge in [-0.1, -0.05) is 26.0 Å².